The van der Waals surface area contributed by atoms with Gasteiger partial charge in [-0.1, -0.05) is 12.5 Å². The smallest absolute Gasteiger partial charge is 0.223 e. The van der Waals surface area contributed by atoms with Gasteiger partial charge in [-0.15, -0.1) is 12.4 Å². The molecule has 0 aromatic heterocycles. The Morgan fingerprint density at radius 3 is 2.48 bits per heavy atom. The van der Waals surface area contributed by atoms with Gasteiger partial charge in [0.2, 0.25) is 5.91 Å². The molecule has 3 N–H and O–H groups in total. The molecule has 2 bridgehead atoms. The molecule has 2 unspecified atom stereocenters. The lowest BCUT2D eigenvalue weighted by Gasteiger charge is -2.43. The van der Waals surface area contributed by atoms with Crippen molar-refractivity contribution >= 4 is 18.3 Å². The number of hydrogen-bond donors (Lipinski definition) is 2. The SMILES string of the molecule is Cl.NC1C2CCCC1CC(C(=O)NCc1ccc(F)cc1F)C2. The molecule has 2 aliphatic carbocycles. The molecule has 2 atom stereocenters. The first-order chi connectivity index (χ1) is 10.5. The summed E-state index contributed by atoms with van der Waals surface area (Å²) in [5.41, 5.74) is 6.54. The summed E-state index contributed by atoms with van der Waals surface area (Å²) in [4.78, 5) is 12.3. The van der Waals surface area contributed by atoms with Gasteiger partial charge in [-0.25, -0.2) is 8.78 Å². The van der Waals surface area contributed by atoms with Crippen LogP contribution in [0.5, 0.6) is 0 Å². The molecule has 23 heavy (non-hydrogen) atoms. The number of halogens is 3. The van der Waals surface area contributed by atoms with E-state index in [0.717, 1.165) is 31.7 Å². The maximum atomic E-state index is 13.6. The molecule has 3 nitrogen and oxygen atoms in total. The quantitative estimate of drug-likeness (QED) is 0.885. The second-order valence-electron chi connectivity index (χ2n) is 6.65. The molecule has 1 amide bonds. The number of carbonyl (C=O) groups excluding carboxylic acids is 1. The molecule has 0 aliphatic heterocycles. The standard InChI is InChI=1S/C17H22F2N2O.ClH/c18-14-5-4-12(15(19)8-14)9-21-17(22)13-6-10-2-1-3-11(7-13)16(10)20;/h4-5,8,10-11,13,16H,1-3,6-7,9,20H2,(H,21,22);1H. The Morgan fingerprint density at radius 1 is 1.22 bits per heavy atom. The fourth-order valence-corrected chi connectivity index (χ4v) is 3.99. The molecular formula is C17H23ClF2N2O. The third kappa shape index (κ3) is 4.01. The van der Waals surface area contributed by atoms with Gasteiger partial charge in [0.05, 0.1) is 0 Å². The fourth-order valence-electron chi connectivity index (χ4n) is 3.99. The Morgan fingerprint density at radius 2 is 1.87 bits per heavy atom. The van der Waals surface area contributed by atoms with E-state index < -0.39 is 11.6 Å². The number of rotatable bonds is 3. The van der Waals surface area contributed by atoms with Crippen LogP contribution >= 0.6 is 12.4 Å². The van der Waals surface area contributed by atoms with Crippen LogP contribution in [0.1, 0.15) is 37.7 Å². The van der Waals surface area contributed by atoms with E-state index in [1.54, 1.807) is 0 Å². The van der Waals surface area contributed by atoms with E-state index in [4.69, 9.17) is 5.73 Å². The fraction of sp³-hybridized carbons (Fsp3) is 0.588. The highest BCUT2D eigenvalue weighted by molar-refractivity contribution is 5.85. The minimum atomic E-state index is -0.622. The van der Waals surface area contributed by atoms with Crippen molar-refractivity contribution in [2.24, 2.45) is 23.5 Å². The maximum absolute atomic E-state index is 13.6. The molecular weight excluding hydrogens is 322 g/mol. The van der Waals surface area contributed by atoms with E-state index in [9.17, 15) is 13.6 Å². The largest absolute Gasteiger partial charge is 0.352 e. The second kappa shape index (κ2) is 7.58. The first kappa shape index (κ1) is 18.1. The van der Waals surface area contributed by atoms with E-state index >= 15 is 0 Å². The van der Waals surface area contributed by atoms with Gasteiger partial charge in [0.15, 0.2) is 0 Å². The first-order valence-corrected chi connectivity index (χ1v) is 8.02. The summed E-state index contributed by atoms with van der Waals surface area (Å²) >= 11 is 0. The molecule has 1 aromatic rings. The molecule has 3 rings (SSSR count). The molecule has 128 valence electrons. The lowest BCUT2D eigenvalue weighted by molar-refractivity contribution is -0.128. The van der Waals surface area contributed by atoms with Gasteiger partial charge < -0.3 is 11.1 Å². The van der Waals surface area contributed by atoms with Gasteiger partial charge in [0.1, 0.15) is 11.6 Å². The number of carbonyl (C=O) groups is 1. The molecule has 0 spiro atoms. The molecule has 0 heterocycles. The zero-order chi connectivity index (χ0) is 15.7. The van der Waals surface area contributed by atoms with Crippen molar-refractivity contribution in [3.8, 4) is 0 Å². The molecule has 6 heteroatoms. The van der Waals surface area contributed by atoms with Crippen molar-refractivity contribution in [1.29, 1.82) is 0 Å². The number of nitrogens with two attached hydrogens (primary N) is 1. The highest BCUT2D eigenvalue weighted by Gasteiger charge is 2.40. The van der Waals surface area contributed by atoms with Crippen molar-refractivity contribution < 1.29 is 13.6 Å². The van der Waals surface area contributed by atoms with Crippen molar-refractivity contribution in [3.05, 3.63) is 35.4 Å². The summed E-state index contributed by atoms with van der Waals surface area (Å²) in [6.07, 6.45) is 5.07. The highest BCUT2D eigenvalue weighted by atomic mass is 35.5. The van der Waals surface area contributed by atoms with E-state index in [0.29, 0.717) is 17.4 Å². The Balaban J connectivity index is 0.00000192. The zero-order valence-electron chi connectivity index (χ0n) is 12.9. The van der Waals surface area contributed by atoms with Crippen LogP contribution in [-0.4, -0.2) is 11.9 Å². The van der Waals surface area contributed by atoms with Crippen LogP contribution in [0.25, 0.3) is 0 Å². The Kier molecular flexibility index (Phi) is 5.98. The number of fused-ring (bicyclic) bond motifs is 2. The third-order valence-corrected chi connectivity index (χ3v) is 5.25. The van der Waals surface area contributed by atoms with Crippen LogP contribution in [0.15, 0.2) is 18.2 Å². The Bertz CT molecular complexity index is 556. The van der Waals surface area contributed by atoms with Gasteiger partial charge in [-0.05, 0) is 43.6 Å². The zero-order valence-corrected chi connectivity index (χ0v) is 13.8. The van der Waals surface area contributed by atoms with Crippen LogP contribution in [0.2, 0.25) is 0 Å². The van der Waals surface area contributed by atoms with E-state index in [1.165, 1.54) is 18.6 Å². The monoisotopic (exact) mass is 344 g/mol. The molecule has 2 saturated carbocycles. The average molecular weight is 345 g/mol. The minimum absolute atomic E-state index is 0. The average Bonchev–Trinajstić information content (AvgIpc) is 2.45. The van der Waals surface area contributed by atoms with Gasteiger partial charge in [-0.2, -0.15) is 0 Å². The van der Waals surface area contributed by atoms with Gasteiger partial charge in [0, 0.05) is 30.1 Å². The van der Waals surface area contributed by atoms with E-state index in [-0.39, 0.29) is 36.8 Å². The summed E-state index contributed by atoms with van der Waals surface area (Å²) in [6.45, 7) is 0.100. The van der Waals surface area contributed by atoms with Crippen LogP contribution < -0.4 is 11.1 Å². The minimum Gasteiger partial charge on any atom is -0.352 e. The first-order valence-electron chi connectivity index (χ1n) is 8.02. The summed E-state index contributed by atoms with van der Waals surface area (Å²) < 4.78 is 26.4. The van der Waals surface area contributed by atoms with Crippen LogP contribution in [0, 0.1) is 29.4 Å². The topological polar surface area (TPSA) is 55.1 Å². The molecule has 1 aromatic carbocycles. The summed E-state index contributed by atoms with van der Waals surface area (Å²) in [5.74, 6) is -0.424. The Hall–Kier alpha value is -1.20. The van der Waals surface area contributed by atoms with Crippen molar-refractivity contribution in [2.45, 2.75) is 44.7 Å². The number of benzene rings is 1. The van der Waals surface area contributed by atoms with E-state index in [2.05, 4.69) is 5.32 Å². The van der Waals surface area contributed by atoms with Crippen LogP contribution in [0.3, 0.4) is 0 Å². The number of nitrogens with one attached hydrogen (secondary N) is 1. The third-order valence-electron chi connectivity index (χ3n) is 5.25. The predicted octanol–water partition coefficient (Wildman–Crippen LogP) is 3.16. The lowest BCUT2D eigenvalue weighted by atomic mass is 9.65. The summed E-state index contributed by atoms with van der Waals surface area (Å²) in [6, 6.07) is 3.64. The van der Waals surface area contributed by atoms with Crippen molar-refractivity contribution in [2.75, 3.05) is 0 Å². The Labute approximate surface area is 141 Å². The maximum Gasteiger partial charge on any atom is 0.223 e. The molecule has 2 aliphatic rings. The van der Waals surface area contributed by atoms with Crippen molar-refractivity contribution in [1.82, 2.24) is 5.32 Å². The normalized spacial score (nSPS) is 29.5. The summed E-state index contributed by atoms with van der Waals surface area (Å²) in [5, 5.41) is 2.79. The molecule has 0 saturated heterocycles. The van der Waals surface area contributed by atoms with Crippen LogP contribution in [-0.2, 0) is 11.3 Å². The number of amides is 1. The predicted molar refractivity (Wildman–Crippen MR) is 87.0 cm³/mol. The number of hydrogen-bond acceptors (Lipinski definition) is 2. The van der Waals surface area contributed by atoms with Gasteiger partial charge in [-0.3, -0.25) is 4.79 Å². The van der Waals surface area contributed by atoms with Gasteiger partial charge >= 0.3 is 0 Å². The molecule has 0 radical (unpaired) electrons. The molecule has 2 fully saturated rings. The summed E-state index contributed by atoms with van der Waals surface area (Å²) in [7, 11) is 0. The highest BCUT2D eigenvalue weighted by Crippen LogP contribution is 2.41. The van der Waals surface area contributed by atoms with Crippen molar-refractivity contribution in [3.63, 3.8) is 0 Å². The second-order valence-corrected chi connectivity index (χ2v) is 6.65. The van der Waals surface area contributed by atoms with Gasteiger partial charge in [0.25, 0.3) is 0 Å². The van der Waals surface area contributed by atoms with E-state index in [1.807, 2.05) is 0 Å². The van der Waals surface area contributed by atoms with Crippen LogP contribution in [0.4, 0.5) is 8.78 Å². The lowest BCUT2D eigenvalue weighted by Crippen LogP contribution is -2.49.